The second-order valence-electron chi connectivity index (χ2n) is 7.10. The van der Waals surface area contributed by atoms with Crippen LogP contribution in [0.4, 0.5) is 10.5 Å². The molecule has 26 heavy (non-hydrogen) atoms. The number of urea groups is 1. The molecule has 0 saturated carbocycles. The lowest BCUT2D eigenvalue weighted by Gasteiger charge is -2.40. The molecule has 2 amide bonds. The number of thioether (sulfide) groups is 1. The molecule has 1 aromatic carbocycles. The van der Waals surface area contributed by atoms with Crippen LogP contribution < -0.4 is 5.32 Å². The van der Waals surface area contributed by atoms with Crippen LogP contribution in [0.15, 0.2) is 29.2 Å². The second-order valence-corrected chi connectivity index (χ2v) is 8.44. The molecule has 5 nitrogen and oxygen atoms in total. The summed E-state index contributed by atoms with van der Waals surface area (Å²) in [5, 5.41) is 3.04. The van der Waals surface area contributed by atoms with E-state index in [1.54, 1.807) is 0 Å². The van der Waals surface area contributed by atoms with Crippen molar-refractivity contribution >= 4 is 23.5 Å². The fraction of sp³-hybridized carbons (Fsp3) is 0.650. The number of likely N-dealkylation sites (tertiary alicyclic amines) is 1. The maximum absolute atomic E-state index is 12.5. The first-order chi connectivity index (χ1) is 12.7. The van der Waals surface area contributed by atoms with Gasteiger partial charge in [0, 0.05) is 42.8 Å². The monoisotopic (exact) mass is 377 g/mol. The number of carbonyl (C=O) groups is 1. The molecule has 1 atom stereocenters. The first-order valence-electron chi connectivity index (χ1n) is 9.78. The number of amides is 2. The van der Waals surface area contributed by atoms with Gasteiger partial charge in [-0.15, -0.1) is 11.8 Å². The van der Waals surface area contributed by atoms with Gasteiger partial charge in [0.05, 0.1) is 13.2 Å². The fourth-order valence-electron chi connectivity index (χ4n) is 3.87. The largest absolute Gasteiger partial charge is 0.379 e. The zero-order chi connectivity index (χ0) is 18.4. The minimum absolute atomic E-state index is 0.0263. The Bertz CT molecular complexity index is 567. The number of hydrogen-bond acceptors (Lipinski definition) is 4. The van der Waals surface area contributed by atoms with E-state index in [0.717, 1.165) is 63.7 Å². The maximum atomic E-state index is 12.5. The van der Waals surface area contributed by atoms with Gasteiger partial charge in [0.2, 0.25) is 0 Å². The van der Waals surface area contributed by atoms with Crippen LogP contribution in [0, 0.1) is 5.92 Å². The van der Waals surface area contributed by atoms with E-state index in [1.165, 1.54) is 4.90 Å². The third-order valence-electron chi connectivity index (χ3n) is 5.55. The van der Waals surface area contributed by atoms with Crippen LogP contribution in [0.5, 0.6) is 0 Å². The van der Waals surface area contributed by atoms with Gasteiger partial charge in [-0.1, -0.05) is 6.92 Å². The van der Waals surface area contributed by atoms with Crippen LogP contribution in [0.3, 0.4) is 0 Å². The summed E-state index contributed by atoms with van der Waals surface area (Å²) in [4.78, 5) is 18.3. The zero-order valence-corrected chi connectivity index (χ0v) is 16.8. The number of carbonyl (C=O) groups excluding carboxylic acids is 1. The number of morpholine rings is 1. The molecular formula is C20H31N3O2S. The molecule has 0 aliphatic carbocycles. The van der Waals surface area contributed by atoms with Crippen molar-refractivity contribution in [3.05, 3.63) is 24.3 Å². The summed E-state index contributed by atoms with van der Waals surface area (Å²) in [5.41, 5.74) is 0.874. The molecule has 144 valence electrons. The van der Waals surface area contributed by atoms with Crippen molar-refractivity contribution in [2.45, 2.75) is 37.6 Å². The van der Waals surface area contributed by atoms with E-state index < -0.39 is 0 Å². The van der Waals surface area contributed by atoms with E-state index >= 15 is 0 Å². The molecule has 1 N–H and O–H groups in total. The van der Waals surface area contributed by atoms with Crippen molar-refractivity contribution in [2.24, 2.45) is 5.92 Å². The summed E-state index contributed by atoms with van der Waals surface area (Å²) >= 11 is 1.81. The second kappa shape index (κ2) is 9.62. The van der Waals surface area contributed by atoms with Gasteiger partial charge in [-0.3, -0.25) is 4.90 Å². The molecule has 0 spiro atoms. The SMILES string of the molecule is CCSc1ccc(NC(=O)N2CCC([C@@H](C)N3CCOCC3)CC2)cc1. The van der Waals surface area contributed by atoms with Crippen molar-refractivity contribution in [2.75, 3.05) is 50.5 Å². The Hall–Kier alpha value is -1.24. The highest BCUT2D eigenvalue weighted by atomic mass is 32.2. The molecule has 2 aliphatic rings. The molecule has 3 rings (SSSR count). The highest BCUT2D eigenvalue weighted by molar-refractivity contribution is 7.99. The standard InChI is InChI=1S/C20H31N3O2S/c1-3-26-19-6-4-18(5-7-19)21-20(24)23-10-8-17(9-11-23)16(2)22-12-14-25-15-13-22/h4-7,16-17H,3,8-15H2,1-2H3,(H,21,24)/t16-/m1/s1. The predicted molar refractivity (Wildman–Crippen MR) is 108 cm³/mol. The first-order valence-corrected chi connectivity index (χ1v) is 10.8. The van der Waals surface area contributed by atoms with Gasteiger partial charge in [0.15, 0.2) is 0 Å². The molecule has 2 fully saturated rings. The summed E-state index contributed by atoms with van der Waals surface area (Å²) in [6.07, 6.45) is 2.16. The van der Waals surface area contributed by atoms with Crippen molar-refractivity contribution in [1.82, 2.24) is 9.80 Å². The van der Waals surface area contributed by atoms with Crippen LogP contribution in [0.25, 0.3) is 0 Å². The van der Waals surface area contributed by atoms with Crippen LogP contribution in [-0.2, 0) is 4.74 Å². The highest BCUT2D eigenvalue weighted by Gasteiger charge is 2.30. The summed E-state index contributed by atoms with van der Waals surface area (Å²) in [5.74, 6) is 1.73. The molecule has 0 bridgehead atoms. The van der Waals surface area contributed by atoms with Gasteiger partial charge >= 0.3 is 6.03 Å². The number of benzene rings is 1. The topological polar surface area (TPSA) is 44.8 Å². The number of anilines is 1. The molecular weight excluding hydrogens is 346 g/mol. The van der Waals surface area contributed by atoms with Crippen LogP contribution >= 0.6 is 11.8 Å². The summed E-state index contributed by atoms with van der Waals surface area (Å²) < 4.78 is 5.46. The fourth-order valence-corrected chi connectivity index (χ4v) is 4.53. The average Bonchev–Trinajstić information content (AvgIpc) is 2.70. The molecule has 2 heterocycles. The summed E-state index contributed by atoms with van der Waals surface area (Å²) in [6, 6.07) is 8.72. The average molecular weight is 378 g/mol. The van der Waals surface area contributed by atoms with Gasteiger partial charge in [-0.05, 0) is 55.7 Å². The van der Waals surface area contributed by atoms with Gasteiger partial charge in [0.1, 0.15) is 0 Å². The number of nitrogens with one attached hydrogen (secondary N) is 1. The number of ether oxygens (including phenoxy) is 1. The Morgan fingerprint density at radius 1 is 1.19 bits per heavy atom. The number of rotatable bonds is 5. The lowest BCUT2D eigenvalue weighted by atomic mass is 9.89. The maximum Gasteiger partial charge on any atom is 0.321 e. The van der Waals surface area contributed by atoms with Crippen LogP contribution in [0.2, 0.25) is 0 Å². The minimum atomic E-state index is 0.0263. The Morgan fingerprint density at radius 2 is 1.85 bits per heavy atom. The molecule has 1 aromatic rings. The van der Waals surface area contributed by atoms with E-state index in [9.17, 15) is 4.79 Å². The highest BCUT2D eigenvalue weighted by Crippen LogP contribution is 2.25. The molecule has 0 radical (unpaired) electrons. The van der Waals surface area contributed by atoms with Crippen molar-refractivity contribution < 1.29 is 9.53 Å². The third-order valence-corrected chi connectivity index (χ3v) is 6.44. The number of hydrogen-bond donors (Lipinski definition) is 1. The first kappa shape index (κ1) is 19.5. The van der Waals surface area contributed by atoms with Gasteiger partial charge in [-0.25, -0.2) is 4.79 Å². The van der Waals surface area contributed by atoms with Crippen molar-refractivity contribution in [3.63, 3.8) is 0 Å². The Morgan fingerprint density at radius 3 is 2.46 bits per heavy atom. The van der Waals surface area contributed by atoms with E-state index in [4.69, 9.17) is 4.74 Å². The van der Waals surface area contributed by atoms with Gasteiger partial charge < -0.3 is 15.0 Å². The van der Waals surface area contributed by atoms with E-state index in [-0.39, 0.29) is 6.03 Å². The van der Waals surface area contributed by atoms with E-state index in [0.29, 0.717) is 12.0 Å². The molecule has 0 unspecified atom stereocenters. The lowest BCUT2D eigenvalue weighted by Crippen LogP contribution is -2.49. The predicted octanol–water partition coefficient (Wildman–Crippen LogP) is 3.76. The van der Waals surface area contributed by atoms with Crippen LogP contribution in [-0.4, -0.2) is 67.0 Å². The van der Waals surface area contributed by atoms with E-state index in [2.05, 4.69) is 36.2 Å². The summed E-state index contributed by atoms with van der Waals surface area (Å²) in [7, 11) is 0. The van der Waals surface area contributed by atoms with Crippen LogP contribution in [0.1, 0.15) is 26.7 Å². The Labute approximate surface area is 161 Å². The molecule has 6 heteroatoms. The number of nitrogens with zero attached hydrogens (tertiary/aromatic N) is 2. The Balaban J connectivity index is 1.45. The quantitative estimate of drug-likeness (QED) is 0.794. The minimum Gasteiger partial charge on any atom is -0.379 e. The van der Waals surface area contributed by atoms with Crippen molar-refractivity contribution in [3.8, 4) is 0 Å². The lowest BCUT2D eigenvalue weighted by molar-refractivity contribution is 0.000471. The smallest absolute Gasteiger partial charge is 0.321 e. The van der Waals surface area contributed by atoms with Crippen molar-refractivity contribution in [1.29, 1.82) is 0 Å². The normalized spacial score (nSPS) is 20.8. The summed E-state index contributed by atoms with van der Waals surface area (Å²) in [6.45, 7) is 9.93. The van der Waals surface area contributed by atoms with E-state index in [1.807, 2.05) is 28.8 Å². The number of piperidine rings is 1. The third kappa shape index (κ3) is 5.15. The molecule has 0 aromatic heterocycles. The molecule has 2 saturated heterocycles. The van der Waals surface area contributed by atoms with Gasteiger partial charge in [0.25, 0.3) is 0 Å². The zero-order valence-electron chi connectivity index (χ0n) is 15.9. The Kier molecular flexibility index (Phi) is 7.23. The van der Waals surface area contributed by atoms with Gasteiger partial charge in [-0.2, -0.15) is 0 Å². The molecule has 2 aliphatic heterocycles.